The molecule has 1 aromatic carbocycles. The fourth-order valence-corrected chi connectivity index (χ4v) is 1.67. The van der Waals surface area contributed by atoms with Gasteiger partial charge in [0.1, 0.15) is 5.82 Å². The maximum atomic E-state index is 13.6. The molecule has 0 saturated heterocycles. The van der Waals surface area contributed by atoms with Crippen LogP contribution in [0.25, 0.3) is 0 Å². The Bertz CT molecular complexity index is 428. The summed E-state index contributed by atoms with van der Waals surface area (Å²) in [7, 11) is 0. The number of nitrogens with two attached hydrogens (primary N) is 1. The second-order valence-corrected chi connectivity index (χ2v) is 4.79. The van der Waals surface area contributed by atoms with Crippen molar-refractivity contribution in [1.29, 1.82) is 0 Å². The summed E-state index contributed by atoms with van der Waals surface area (Å²) in [6, 6.07) is 4.20. The van der Waals surface area contributed by atoms with Crippen LogP contribution in [0.3, 0.4) is 0 Å². The van der Waals surface area contributed by atoms with Crippen molar-refractivity contribution in [2.45, 2.75) is 45.7 Å². The topological polar surface area (TPSA) is 55.1 Å². The smallest absolute Gasteiger partial charge is 0.248 e. The Hall–Kier alpha value is -1.42. The third kappa shape index (κ3) is 3.53. The van der Waals surface area contributed by atoms with Crippen LogP contribution in [0.4, 0.5) is 4.39 Å². The molecule has 0 saturated carbocycles. The van der Waals surface area contributed by atoms with Crippen LogP contribution in [-0.4, -0.2) is 11.4 Å². The second-order valence-electron chi connectivity index (χ2n) is 4.79. The van der Waals surface area contributed by atoms with Gasteiger partial charge in [0.05, 0.1) is 0 Å². The van der Waals surface area contributed by atoms with E-state index in [1.54, 1.807) is 0 Å². The van der Waals surface area contributed by atoms with Crippen molar-refractivity contribution in [3.05, 3.63) is 35.1 Å². The molecule has 0 unspecified atom stereocenters. The summed E-state index contributed by atoms with van der Waals surface area (Å²) >= 11 is 0. The summed E-state index contributed by atoms with van der Waals surface area (Å²) in [5.41, 5.74) is 5.97. The zero-order valence-corrected chi connectivity index (χ0v) is 11.2. The molecule has 0 aromatic heterocycles. The van der Waals surface area contributed by atoms with Crippen LogP contribution in [0.1, 0.15) is 49.5 Å². The van der Waals surface area contributed by atoms with Gasteiger partial charge in [-0.1, -0.05) is 13.8 Å². The predicted octanol–water partition coefficient (Wildman–Crippen LogP) is 2.59. The van der Waals surface area contributed by atoms with Crippen molar-refractivity contribution in [2.75, 3.05) is 0 Å². The minimum Gasteiger partial charge on any atom is -0.366 e. The van der Waals surface area contributed by atoms with E-state index in [0.29, 0.717) is 17.7 Å². The molecule has 1 rings (SSSR count). The molecule has 0 fully saturated rings. The number of benzene rings is 1. The van der Waals surface area contributed by atoms with Crippen molar-refractivity contribution in [2.24, 2.45) is 5.73 Å². The Kier molecular flexibility index (Phi) is 4.84. The third-order valence-electron chi connectivity index (χ3n) is 3.60. The van der Waals surface area contributed by atoms with Crippen molar-refractivity contribution < 1.29 is 9.18 Å². The van der Waals surface area contributed by atoms with Gasteiger partial charge in [0, 0.05) is 23.2 Å². The van der Waals surface area contributed by atoms with E-state index >= 15 is 0 Å². The van der Waals surface area contributed by atoms with Gasteiger partial charge in [-0.2, -0.15) is 0 Å². The lowest BCUT2D eigenvalue weighted by Gasteiger charge is -2.28. The molecule has 0 aliphatic rings. The third-order valence-corrected chi connectivity index (χ3v) is 3.60. The zero-order chi connectivity index (χ0) is 13.8. The van der Waals surface area contributed by atoms with Crippen LogP contribution < -0.4 is 11.1 Å². The maximum absolute atomic E-state index is 13.6. The lowest BCUT2D eigenvalue weighted by Crippen LogP contribution is -2.40. The molecule has 1 amide bonds. The molecule has 0 spiro atoms. The van der Waals surface area contributed by atoms with E-state index in [1.165, 1.54) is 18.2 Å². The summed E-state index contributed by atoms with van der Waals surface area (Å²) in [4.78, 5) is 11.1. The Morgan fingerprint density at radius 2 is 2.00 bits per heavy atom. The average molecular weight is 252 g/mol. The first kappa shape index (κ1) is 14.6. The predicted molar refractivity (Wildman–Crippen MR) is 70.7 cm³/mol. The SMILES string of the molecule is CCC(C)(CC)NCc1cc(C(N)=O)ccc1F. The largest absolute Gasteiger partial charge is 0.366 e. The first-order valence-electron chi connectivity index (χ1n) is 6.25. The van der Waals surface area contributed by atoms with Gasteiger partial charge in [0.2, 0.25) is 5.91 Å². The van der Waals surface area contributed by atoms with Gasteiger partial charge >= 0.3 is 0 Å². The molecule has 0 heterocycles. The van der Waals surface area contributed by atoms with Crippen LogP contribution in [0.2, 0.25) is 0 Å². The highest BCUT2D eigenvalue weighted by Gasteiger charge is 2.19. The highest BCUT2D eigenvalue weighted by molar-refractivity contribution is 5.92. The van der Waals surface area contributed by atoms with Crippen molar-refractivity contribution in [3.63, 3.8) is 0 Å². The first-order valence-corrected chi connectivity index (χ1v) is 6.25. The number of halogens is 1. The number of hydrogen-bond donors (Lipinski definition) is 2. The summed E-state index contributed by atoms with van der Waals surface area (Å²) in [6.45, 7) is 6.67. The quantitative estimate of drug-likeness (QED) is 0.817. The van der Waals surface area contributed by atoms with E-state index in [2.05, 4.69) is 26.1 Å². The number of nitrogens with one attached hydrogen (secondary N) is 1. The van der Waals surface area contributed by atoms with E-state index < -0.39 is 5.91 Å². The highest BCUT2D eigenvalue weighted by atomic mass is 19.1. The number of hydrogen-bond acceptors (Lipinski definition) is 2. The molecule has 0 aliphatic heterocycles. The number of carbonyl (C=O) groups excluding carboxylic acids is 1. The van der Waals surface area contributed by atoms with Crippen LogP contribution in [0.5, 0.6) is 0 Å². The Morgan fingerprint density at radius 1 is 1.39 bits per heavy atom. The van der Waals surface area contributed by atoms with E-state index in [9.17, 15) is 9.18 Å². The monoisotopic (exact) mass is 252 g/mol. The van der Waals surface area contributed by atoms with E-state index in [1.807, 2.05) is 0 Å². The Morgan fingerprint density at radius 3 is 2.50 bits per heavy atom. The van der Waals surface area contributed by atoms with Crippen molar-refractivity contribution in [1.82, 2.24) is 5.32 Å². The van der Waals surface area contributed by atoms with E-state index in [4.69, 9.17) is 5.73 Å². The molecule has 0 aliphatic carbocycles. The molecule has 100 valence electrons. The fourth-order valence-electron chi connectivity index (χ4n) is 1.67. The molecule has 0 bridgehead atoms. The summed E-state index contributed by atoms with van der Waals surface area (Å²) in [6.07, 6.45) is 1.92. The number of amides is 1. The number of primary amides is 1. The molecular formula is C14H21FN2O. The van der Waals surface area contributed by atoms with E-state index in [0.717, 1.165) is 12.8 Å². The fraction of sp³-hybridized carbons (Fsp3) is 0.500. The van der Waals surface area contributed by atoms with Crippen LogP contribution in [-0.2, 0) is 6.54 Å². The number of carbonyl (C=O) groups is 1. The van der Waals surface area contributed by atoms with E-state index in [-0.39, 0.29) is 11.4 Å². The highest BCUT2D eigenvalue weighted by Crippen LogP contribution is 2.16. The average Bonchev–Trinajstić information content (AvgIpc) is 2.37. The molecular weight excluding hydrogens is 231 g/mol. The molecule has 0 atom stereocenters. The van der Waals surface area contributed by atoms with Gasteiger partial charge in [0.25, 0.3) is 0 Å². The Labute approximate surface area is 108 Å². The van der Waals surface area contributed by atoms with Crippen molar-refractivity contribution in [3.8, 4) is 0 Å². The zero-order valence-electron chi connectivity index (χ0n) is 11.2. The van der Waals surface area contributed by atoms with Gasteiger partial charge in [0.15, 0.2) is 0 Å². The van der Waals surface area contributed by atoms with Gasteiger partial charge in [-0.05, 0) is 38.0 Å². The summed E-state index contributed by atoms with van der Waals surface area (Å²) in [5.74, 6) is -0.855. The summed E-state index contributed by atoms with van der Waals surface area (Å²) < 4.78 is 13.6. The molecule has 3 N–H and O–H groups in total. The van der Waals surface area contributed by atoms with Crippen LogP contribution >= 0.6 is 0 Å². The molecule has 4 heteroatoms. The molecule has 3 nitrogen and oxygen atoms in total. The standard InChI is InChI=1S/C14H21FN2O/c1-4-14(3,5-2)17-9-11-8-10(13(16)18)6-7-12(11)15/h6-8,17H,4-5,9H2,1-3H3,(H2,16,18). The van der Waals surface area contributed by atoms with Gasteiger partial charge < -0.3 is 11.1 Å². The van der Waals surface area contributed by atoms with Gasteiger partial charge in [-0.25, -0.2) is 4.39 Å². The molecule has 18 heavy (non-hydrogen) atoms. The minimum absolute atomic E-state index is 0.0187. The first-order chi connectivity index (χ1) is 8.41. The Balaban J connectivity index is 2.84. The lowest BCUT2D eigenvalue weighted by atomic mass is 9.95. The van der Waals surface area contributed by atoms with Crippen LogP contribution in [0, 0.1) is 5.82 Å². The lowest BCUT2D eigenvalue weighted by molar-refractivity contribution is 0.1000. The molecule has 1 aromatic rings. The summed E-state index contributed by atoms with van der Waals surface area (Å²) in [5, 5.41) is 3.33. The second kappa shape index (κ2) is 5.96. The minimum atomic E-state index is -0.537. The van der Waals surface area contributed by atoms with Crippen LogP contribution in [0.15, 0.2) is 18.2 Å². The molecule has 0 radical (unpaired) electrons. The number of rotatable bonds is 6. The maximum Gasteiger partial charge on any atom is 0.248 e. The van der Waals surface area contributed by atoms with Gasteiger partial charge in [-0.15, -0.1) is 0 Å². The van der Waals surface area contributed by atoms with Gasteiger partial charge in [-0.3, -0.25) is 4.79 Å². The van der Waals surface area contributed by atoms with Crippen molar-refractivity contribution >= 4 is 5.91 Å². The normalized spacial score (nSPS) is 11.6.